The molecule has 0 aliphatic rings. The highest BCUT2D eigenvalue weighted by Gasteiger charge is 2.30. The first-order valence-electron chi connectivity index (χ1n) is 9.58. The summed E-state index contributed by atoms with van der Waals surface area (Å²) in [6.45, 7) is 7.23. The van der Waals surface area contributed by atoms with Crippen LogP contribution in [-0.2, 0) is 14.8 Å². The average molecular weight is 435 g/mol. The summed E-state index contributed by atoms with van der Waals surface area (Å²) in [6.07, 6.45) is 1.10. The molecule has 0 heterocycles. The molecule has 0 aromatic heterocycles. The van der Waals surface area contributed by atoms with Crippen molar-refractivity contribution in [3.05, 3.63) is 53.1 Å². The van der Waals surface area contributed by atoms with Gasteiger partial charge in [-0.1, -0.05) is 6.07 Å². The molecular weight excluding hydrogens is 404 g/mol. The van der Waals surface area contributed by atoms with Crippen molar-refractivity contribution in [3.8, 4) is 11.5 Å². The van der Waals surface area contributed by atoms with E-state index in [1.54, 1.807) is 51.5 Å². The summed E-state index contributed by atoms with van der Waals surface area (Å²) >= 11 is 0. The van der Waals surface area contributed by atoms with Gasteiger partial charge in [-0.25, -0.2) is 8.42 Å². The third kappa shape index (κ3) is 5.24. The average Bonchev–Trinajstić information content (AvgIpc) is 2.68. The van der Waals surface area contributed by atoms with Gasteiger partial charge < -0.3 is 14.8 Å². The largest absolute Gasteiger partial charge is 0.497 e. The number of anilines is 1. The van der Waals surface area contributed by atoms with Gasteiger partial charge in [-0.15, -0.1) is 0 Å². The second-order valence-electron chi connectivity index (χ2n) is 7.34. The maximum Gasteiger partial charge on any atom is 0.244 e. The number of sulfonamides is 1. The molecule has 0 saturated carbocycles. The molecule has 7 nitrogen and oxygen atoms in total. The number of amides is 1. The monoisotopic (exact) mass is 434 g/mol. The predicted octanol–water partition coefficient (Wildman–Crippen LogP) is 3.35. The topological polar surface area (TPSA) is 84.9 Å². The first-order valence-corrected chi connectivity index (χ1v) is 11.4. The van der Waals surface area contributed by atoms with E-state index in [4.69, 9.17) is 9.47 Å². The molecule has 1 N–H and O–H groups in total. The zero-order valence-corrected chi connectivity index (χ0v) is 19.3. The predicted molar refractivity (Wildman–Crippen MR) is 119 cm³/mol. The number of aryl methyl sites for hydroxylation is 2. The van der Waals surface area contributed by atoms with Crippen LogP contribution in [0.2, 0.25) is 0 Å². The summed E-state index contributed by atoms with van der Waals surface area (Å²) in [5.41, 5.74) is 3.18. The van der Waals surface area contributed by atoms with Crippen LogP contribution in [-0.4, -0.2) is 40.8 Å². The Hall–Kier alpha value is -2.74. The smallest absolute Gasteiger partial charge is 0.244 e. The second kappa shape index (κ2) is 9.38. The Kier molecular flexibility index (Phi) is 7.36. The maximum atomic E-state index is 13.0. The number of hydrogen-bond donors (Lipinski definition) is 1. The third-order valence-electron chi connectivity index (χ3n) is 5.10. The Morgan fingerprint density at radius 1 is 1.00 bits per heavy atom. The van der Waals surface area contributed by atoms with Gasteiger partial charge in [0.25, 0.3) is 0 Å². The fraction of sp³-hybridized carbons (Fsp3) is 0.409. The number of hydrogen-bond acceptors (Lipinski definition) is 5. The minimum absolute atomic E-state index is 0.420. The molecule has 0 saturated heterocycles. The van der Waals surface area contributed by atoms with Gasteiger partial charge in [-0.3, -0.25) is 9.10 Å². The van der Waals surface area contributed by atoms with Gasteiger partial charge in [0.05, 0.1) is 32.2 Å². The van der Waals surface area contributed by atoms with Crippen molar-refractivity contribution in [3.63, 3.8) is 0 Å². The Labute approximate surface area is 179 Å². The highest BCUT2D eigenvalue weighted by Crippen LogP contribution is 2.30. The van der Waals surface area contributed by atoms with Crippen LogP contribution in [0.25, 0.3) is 0 Å². The van der Waals surface area contributed by atoms with Crippen LogP contribution in [0.15, 0.2) is 36.4 Å². The van der Waals surface area contributed by atoms with E-state index in [1.165, 1.54) is 0 Å². The van der Waals surface area contributed by atoms with E-state index in [0.29, 0.717) is 17.2 Å². The lowest BCUT2D eigenvalue weighted by atomic mass is 10.1. The molecule has 0 spiro atoms. The van der Waals surface area contributed by atoms with Crippen molar-refractivity contribution < 1.29 is 22.7 Å². The van der Waals surface area contributed by atoms with E-state index >= 15 is 0 Å². The SMILES string of the molecule is COc1ccc(OC)c(C(C)NC(=O)C(C)N(c2ccc(C)c(C)c2)S(C)(=O)=O)c1. The number of carbonyl (C=O) groups is 1. The van der Waals surface area contributed by atoms with Crippen molar-refractivity contribution in [2.24, 2.45) is 0 Å². The van der Waals surface area contributed by atoms with Gasteiger partial charge in [0.15, 0.2) is 0 Å². The van der Waals surface area contributed by atoms with E-state index in [1.807, 2.05) is 26.8 Å². The number of methoxy groups -OCH3 is 2. The molecule has 164 valence electrons. The van der Waals surface area contributed by atoms with Gasteiger partial charge in [0.1, 0.15) is 17.5 Å². The third-order valence-corrected chi connectivity index (χ3v) is 6.34. The van der Waals surface area contributed by atoms with Crippen molar-refractivity contribution in [2.75, 3.05) is 24.8 Å². The highest BCUT2D eigenvalue weighted by atomic mass is 32.2. The highest BCUT2D eigenvalue weighted by molar-refractivity contribution is 7.92. The molecule has 0 radical (unpaired) electrons. The number of benzene rings is 2. The summed E-state index contributed by atoms with van der Waals surface area (Å²) in [4.78, 5) is 13.0. The first kappa shape index (κ1) is 23.5. The van der Waals surface area contributed by atoms with Gasteiger partial charge in [0.2, 0.25) is 15.9 Å². The van der Waals surface area contributed by atoms with Gasteiger partial charge in [-0.2, -0.15) is 0 Å². The minimum atomic E-state index is -3.69. The molecule has 0 fully saturated rings. The molecule has 0 bridgehead atoms. The van der Waals surface area contributed by atoms with Crippen LogP contribution in [0.4, 0.5) is 5.69 Å². The molecule has 0 aliphatic carbocycles. The molecule has 30 heavy (non-hydrogen) atoms. The lowest BCUT2D eigenvalue weighted by Crippen LogP contribution is -2.48. The van der Waals surface area contributed by atoms with Crippen molar-refractivity contribution >= 4 is 21.6 Å². The molecule has 2 unspecified atom stereocenters. The zero-order valence-electron chi connectivity index (χ0n) is 18.5. The molecular formula is C22H30N2O5S. The van der Waals surface area contributed by atoms with Crippen LogP contribution in [0, 0.1) is 13.8 Å². The number of rotatable bonds is 8. The van der Waals surface area contributed by atoms with E-state index in [-0.39, 0.29) is 0 Å². The van der Waals surface area contributed by atoms with E-state index < -0.39 is 28.0 Å². The van der Waals surface area contributed by atoms with E-state index in [2.05, 4.69) is 5.32 Å². The van der Waals surface area contributed by atoms with Crippen molar-refractivity contribution in [1.29, 1.82) is 0 Å². The number of nitrogens with zero attached hydrogens (tertiary/aromatic N) is 1. The second-order valence-corrected chi connectivity index (χ2v) is 9.20. The Bertz CT molecular complexity index is 1020. The number of ether oxygens (including phenoxy) is 2. The maximum absolute atomic E-state index is 13.0. The number of carbonyl (C=O) groups excluding carboxylic acids is 1. The normalized spacial score (nSPS) is 13.3. The van der Waals surface area contributed by atoms with Crippen LogP contribution in [0.3, 0.4) is 0 Å². The summed E-state index contributed by atoms with van der Waals surface area (Å²) in [6, 6.07) is 9.27. The summed E-state index contributed by atoms with van der Waals surface area (Å²) in [5, 5.41) is 2.89. The van der Waals surface area contributed by atoms with E-state index in [0.717, 1.165) is 27.3 Å². The van der Waals surface area contributed by atoms with Crippen LogP contribution < -0.4 is 19.1 Å². The molecule has 1 amide bonds. The molecule has 0 aliphatic heterocycles. The zero-order chi connectivity index (χ0) is 22.6. The Morgan fingerprint density at radius 2 is 1.67 bits per heavy atom. The van der Waals surface area contributed by atoms with E-state index in [9.17, 15) is 13.2 Å². The standard InChI is InChI=1S/C22H30N2O5S/c1-14-8-9-18(12-15(14)2)24(30(7,26)27)17(4)22(25)23-16(3)20-13-19(28-5)10-11-21(20)29-6/h8-13,16-17H,1-7H3,(H,23,25). The van der Waals surface area contributed by atoms with Crippen molar-refractivity contribution in [1.82, 2.24) is 5.32 Å². The molecule has 8 heteroatoms. The number of nitrogens with one attached hydrogen (secondary N) is 1. The quantitative estimate of drug-likeness (QED) is 0.689. The van der Waals surface area contributed by atoms with Crippen LogP contribution in [0.5, 0.6) is 11.5 Å². The van der Waals surface area contributed by atoms with Gasteiger partial charge in [0, 0.05) is 5.56 Å². The Morgan fingerprint density at radius 3 is 2.20 bits per heavy atom. The minimum Gasteiger partial charge on any atom is -0.497 e. The summed E-state index contributed by atoms with van der Waals surface area (Å²) < 4.78 is 36.8. The Balaban J connectivity index is 2.33. The fourth-order valence-corrected chi connectivity index (χ4v) is 4.43. The van der Waals surface area contributed by atoms with Crippen molar-refractivity contribution in [2.45, 2.75) is 39.8 Å². The molecule has 2 aromatic carbocycles. The van der Waals surface area contributed by atoms with Crippen LogP contribution >= 0.6 is 0 Å². The van der Waals surface area contributed by atoms with Crippen LogP contribution in [0.1, 0.15) is 36.6 Å². The summed E-state index contributed by atoms with van der Waals surface area (Å²) in [5.74, 6) is 0.814. The fourth-order valence-electron chi connectivity index (χ4n) is 3.26. The molecule has 2 atom stereocenters. The van der Waals surface area contributed by atoms with Gasteiger partial charge >= 0.3 is 0 Å². The lowest BCUT2D eigenvalue weighted by Gasteiger charge is -2.30. The first-order chi connectivity index (χ1) is 14.0. The molecule has 2 aromatic rings. The molecule has 2 rings (SSSR count). The lowest BCUT2D eigenvalue weighted by molar-refractivity contribution is -0.122. The van der Waals surface area contributed by atoms with Gasteiger partial charge in [-0.05, 0) is 69.2 Å². The summed E-state index contributed by atoms with van der Waals surface area (Å²) in [7, 11) is -0.579.